The highest BCUT2D eigenvalue weighted by Gasteiger charge is 2.24. The molecule has 0 aliphatic heterocycles. The molecule has 1 atom stereocenters. The van der Waals surface area contributed by atoms with Crippen LogP contribution in [0.4, 0.5) is 0 Å². The summed E-state index contributed by atoms with van der Waals surface area (Å²) in [6.45, 7) is 5.45. The van der Waals surface area contributed by atoms with Crippen molar-refractivity contribution < 1.29 is 9.90 Å². The smallest absolute Gasteiger partial charge is 0.236 e. The molecule has 4 heteroatoms. The van der Waals surface area contributed by atoms with Crippen molar-refractivity contribution in [1.29, 1.82) is 0 Å². The molecular formula is C8H16BrNO2. The van der Waals surface area contributed by atoms with Crippen LogP contribution in [-0.2, 0) is 4.79 Å². The molecule has 72 valence electrons. The molecular weight excluding hydrogens is 222 g/mol. The summed E-state index contributed by atoms with van der Waals surface area (Å²) in [6.07, 6.45) is 0.741. The zero-order chi connectivity index (χ0) is 9.78. The predicted octanol–water partition coefficient (Wildman–Crippen LogP) is 1.05. The van der Waals surface area contributed by atoms with Crippen molar-refractivity contribution in [2.75, 3.05) is 6.61 Å². The van der Waals surface area contributed by atoms with Crippen LogP contribution in [0.1, 0.15) is 27.2 Å². The average Bonchev–Trinajstić information content (AvgIpc) is 1.97. The zero-order valence-corrected chi connectivity index (χ0v) is 9.31. The van der Waals surface area contributed by atoms with Crippen LogP contribution < -0.4 is 5.32 Å². The van der Waals surface area contributed by atoms with Crippen LogP contribution in [0.2, 0.25) is 0 Å². The predicted molar refractivity (Wildman–Crippen MR) is 52.3 cm³/mol. The first-order chi connectivity index (χ1) is 5.41. The van der Waals surface area contributed by atoms with Gasteiger partial charge in [0.25, 0.3) is 0 Å². The Bertz CT molecular complexity index is 150. The first-order valence-corrected chi connectivity index (χ1v) is 4.81. The van der Waals surface area contributed by atoms with Gasteiger partial charge >= 0.3 is 0 Å². The molecule has 0 aromatic carbocycles. The minimum atomic E-state index is -0.560. The zero-order valence-electron chi connectivity index (χ0n) is 7.72. The average molecular weight is 238 g/mol. The first kappa shape index (κ1) is 11.9. The molecule has 0 spiro atoms. The van der Waals surface area contributed by atoms with Crippen LogP contribution >= 0.6 is 15.9 Å². The van der Waals surface area contributed by atoms with Crippen molar-refractivity contribution in [1.82, 2.24) is 5.32 Å². The van der Waals surface area contributed by atoms with Crippen LogP contribution in [-0.4, -0.2) is 28.0 Å². The Morgan fingerprint density at radius 1 is 1.67 bits per heavy atom. The van der Waals surface area contributed by atoms with E-state index in [0.717, 1.165) is 6.42 Å². The lowest BCUT2D eigenvalue weighted by Gasteiger charge is -2.20. The lowest BCUT2D eigenvalue weighted by Crippen LogP contribution is -2.44. The Balaban J connectivity index is 3.99. The fourth-order valence-electron chi connectivity index (χ4n) is 0.634. The summed E-state index contributed by atoms with van der Waals surface area (Å²) >= 11 is 3.24. The van der Waals surface area contributed by atoms with E-state index in [1.807, 2.05) is 6.92 Å². The Morgan fingerprint density at radius 2 is 2.17 bits per heavy atom. The van der Waals surface area contributed by atoms with Gasteiger partial charge < -0.3 is 10.4 Å². The summed E-state index contributed by atoms with van der Waals surface area (Å²) < 4.78 is -0.560. The van der Waals surface area contributed by atoms with E-state index in [1.165, 1.54) is 0 Å². The van der Waals surface area contributed by atoms with Crippen molar-refractivity contribution in [3.8, 4) is 0 Å². The number of alkyl halides is 1. The van der Waals surface area contributed by atoms with Crippen LogP contribution in [0.3, 0.4) is 0 Å². The molecule has 1 unspecified atom stereocenters. The fraction of sp³-hybridized carbons (Fsp3) is 0.875. The summed E-state index contributed by atoms with van der Waals surface area (Å²) in [5, 5.41) is 11.5. The number of nitrogens with one attached hydrogen (secondary N) is 1. The lowest BCUT2D eigenvalue weighted by atomic mass is 10.1. The van der Waals surface area contributed by atoms with Gasteiger partial charge in [-0.3, -0.25) is 4.79 Å². The van der Waals surface area contributed by atoms with Crippen molar-refractivity contribution in [2.45, 2.75) is 37.6 Å². The van der Waals surface area contributed by atoms with E-state index in [2.05, 4.69) is 21.2 Å². The Hall–Kier alpha value is -0.0900. The van der Waals surface area contributed by atoms with E-state index in [4.69, 9.17) is 5.11 Å². The number of hydrogen-bond donors (Lipinski definition) is 2. The molecule has 0 aliphatic carbocycles. The molecule has 0 fully saturated rings. The molecule has 2 N–H and O–H groups in total. The van der Waals surface area contributed by atoms with Crippen molar-refractivity contribution in [3.63, 3.8) is 0 Å². The molecule has 0 heterocycles. The van der Waals surface area contributed by atoms with Crippen LogP contribution in [0.15, 0.2) is 0 Å². The van der Waals surface area contributed by atoms with Crippen molar-refractivity contribution in [2.24, 2.45) is 0 Å². The Morgan fingerprint density at radius 3 is 2.42 bits per heavy atom. The Labute approximate surface area is 81.7 Å². The van der Waals surface area contributed by atoms with E-state index in [1.54, 1.807) is 13.8 Å². The van der Waals surface area contributed by atoms with Gasteiger partial charge in [0.05, 0.1) is 17.0 Å². The normalized spacial score (nSPS) is 14.1. The maximum absolute atomic E-state index is 11.3. The third kappa shape index (κ3) is 4.07. The SMILES string of the molecule is CCC(CO)NC(=O)C(C)(C)Br. The largest absolute Gasteiger partial charge is 0.394 e. The molecule has 0 aromatic heterocycles. The van der Waals surface area contributed by atoms with Crippen molar-refractivity contribution in [3.05, 3.63) is 0 Å². The molecule has 3 nitrogen and oxygen atoms in total. The van der Waals surface area contributed by atoms with Gasteiger partial charge in [-0.2, -0.15) is 0 Å². The third-order valence-electron chi connectivity index (χ3n) is 1.59. The van der Waals surface area contributed by atoms with E-state index in [0.29, 0.717) is 0 Å². The van der Waals surface area contributed by atoms with E-state index < -0.39 is 4.32 Å². The number of amides is 1. The second kappa shape index (κ2) is 4.82. The molecule has 0 saturated heterocycles. The van der Waals surface area contributed by atoms with Gasteiger partial charge in [0.15, 0.2) is 0 Å². The van der Waals surface area contributed by atoms with Gasteiger partial charge in [-0.25, -0.2) is 0 Å². The molecule has 0 rings (SSSR count). The summed E-state index contributed by atoms with van der Waals surface area (Å²) in [7, 11) is 0. The van der Waals surface area contributed by atoms with Crippen LogP contribution in [0, 0.1) is 0 Å². The molecule has 0 aromatic rings. The molecule has 0 aliphatic rings. The number of hydrogen-bond acceptors (Lipinski definition) is 2. The number of aliphatic hydroxyl groups excluding tert-OH is 1. The molecule has 0 saturated carbocycles. The quantitative estimate of drug-likeness (QED) is 0.719. The molecule has 0 bridgehead atoms. The summed E-state index contributed by atoms with van der Waals surface area (Å²) in [6, 6.07) is -0.130. The van der Waals surface area contributed by atoms with Gasteiger partial charge in [0.2, 0.25) is 5.91 Å². The van der Waals surface area contributed by atoms with Gasteiger partial charge in [0, 0.05) is 0 Å². The maximum Gasteiger partial charge on any atom is 0.236 e. The third-order valence-corrected chi connectivity index (χ3v) is 1.95. The number of carbonyl (C=O) groups is 1. The summed E-state index contributed by atoms with van der Waals surface area (Å²) in [4.78, 5) is 11.3. The lowest BCUT2D eigenvalue weighted by molar-refractivity contribution is -0.123. The van der Waals surface area contributed by atoms with Gasteiger partial charge in [0.1, 0.15) is 0 Å². The van der Waals surface area contributed by atoms with Crippen LogP contribution in [0.5, 0.6) is 0 Å². The van der Waals surface area contributed by atoms with E-state index >= 15 is 0 Å². The second-order valence-electron chi connectivity index (χ2n) is 3.23. The van der Waals surface area contributed by atoms with Gasteiger partial charge in [-0.15, -0.1) is 0 Å². The molecule has 0 radical (unpaired) electrons. The topological polar surface area (TPSA) is 49.3 Å². The Kier molecular flexibility index (Phi) is 4.78. The highest BCUT2D eigenvalue weighted by atomic mass is 79.9. The number of aliphatic hydroxyl groups is 1. The minimum absolute atomic E-state index is 0.00861. The van der Waals surface area contributed by atoms with Crippen LogP contribution in [0.25, 0.3) is 0 Å². The number of halogens is 1. The van der Waals surface area contributed by atoms with E-state index in [-0.39, 0.29) is 18.6 Å². The maximum atomic E-state index is 11.3. The van der Waals surface area contributed by atoms with E-state index in [9.17, 15) is 4.79 Å². The summed E-state index contributed by atoms with van der Waals surface area (Å²) in [5.74, 6) is -0.0941. The standard InChI is InChI=1S/C8H16BrNO2/c1-4-6(5-11)10-7(12)8(2,3)9/h6,11H,4-5H2,1-3H3,(H,10,12). The molecule has 12 heavy (non-hydrogen) atoms. The second-order valence-corrected chi connectivity index (χ2v) is 5.22. The monoisotopic (exact) mass is 237 g/mol. The van der Waals surface area contributed by atoms with Gasteiger partial charge in [-0.1, -0.05) is 22.9 Å². The molecule has 1 amide bonds. The highest BCUT2D eigenvalue weighted by molar-refractivity contribution is 9.10. The first-order valence-electron chi connectivity index (χ1n) is 4.02. The highest BCUT2D eigenvalue weighted by Crippen LogP contribution is 2.15. The minimum Gasteiger partial charge on any atom is -0.394 e. The summed E-state index contributed by atoms with van der Waals surface area (Å²) in [5.41, 5.74) is 0. The number of rotatable bonds is 4. The fourth-order valence-corrected chi connectivity index (χ4v) is 0.748. The number of carbonyl (C=O) groups excluding carboxylic acids is 1. The van der Waals surface area contributed by atoms with Gasteiger partial charge in [-0.05, 0) is 20.3 Å². The van der Waals surface area contributed by atoms with Crippen molar-refractivity contribution >= 4 is 21.8 Å².